The van der Waals surface area contributed by atoms with Gasteiger partial charge in [-0.2, -0.15) is 0 Å². The Labute approximate surface area is 65.0 Å². The van der Waals surface area contributed by atoms with Gasteiger partial charge in [-0.3, -0.25) is 0 Å². The minimum atomic E-state index is -0.312. The Morgan fingerprint density at radius 2 is 2.45 bits per heavy atom. The van der Waals surface area contributed by atoms with Gasteiger partial charge in [-0.05, 0) is 19.8 Å². The topological polar surface area (TPSA) is 46.3 Å². The third-order valence-electron chi connectivity index (χ3n) is 2.54. The van der Waals surface area contributed by atoms with Crippen LogP contribution < -0.4 is 0 Å². The maximum Gasteiger partial charge on any atom is 0.124 e. The van der Waals surface area contributed by atoms with Gasteiger partial charge in [0, 0.05) is 11.5 Å². The van der Waals surface area contributed by atoms with Crippen LogP contribution in [0.2, 0.25) is 0 Å². The van der Waals surface area contributed by atoms with Gasteiger partial charge in [0.15, 0.2) is 0 Å². The number of aliphatic hydroxyl groups is 1. The molecule has 60 valence electrons. The van der Waals surface area contributed by atoms with Gasteiger partial charge in [0.05, 0.1) is 11.8 Å². The molecule has 2 rings (SSSR count). The molecule has 0 bridgehead atoms. The van der Waals surface area contributed by atoms with E-state index in [1.165, 1.54) is 0 Å². The second kappa shape index (κ2) is 2.08. The minimum absolute atomic E-state index is 0.0764. The fraction of sp³-hybridized carbons (Fsp3) is 0.625. The Balaban J connectivity index is 2.29. The predicted octanol–water partition coefficient (Wildman–Crippen LogP) is 1.09. The second-order valence-electron chi connectivity index (χ2n) is 3.22. The zero-order chi connectivity index (χ0) is 7.90. The maximum atomic E-state index is 9.43. The average molecular weight is 153 g/mol. The number of hydrogen-bond donors (Lipinski definition) is 1. The first-order chi connectivity index (χ1) is 5.26. The van der Waals surface area contributed by atoms with Crippen LogP contribution >= 0.6 is 0 Å². The van der Waals surface area contributed by atoms with Crippen molar-refractivity contribution < 1.29 is 9.63 Å². The molecular formula is C8H11NO2. The highest BCUT2D eigenvalue weighted by molar-refractivity contribution is 5.24. The van der Waals surface area contributed by atoms with E-state index in [-0.39, 0.29) is 11.5 Å². The average Bonchev–Trinajstić information content (AvgIpc) is 2.61. The standard InChI is InChI=1S/C8H11NO2/c1-6(10)8(3-4-8)7-2-5-11-9-7/h2,5-6,10H,3-4H2,1H3. The summed E-state index contributed by atoms with van der Waals surface area (Å²) >= 11 is 0. The van der Waals surface area contributed by atoms with Crippen LogP contribution in [0.25, 0.3) is 0 Å². The van der Waals surface area contributed by atoms with Crippen molar-refractivity contribution >= 4 is 0 Å². The van der Waals surface area contributed by atoms with E-state index < -0.39 is 0 Å². The molecule has 1 aromatic rings. The molecule has 1 aliphatic carbocycles. The zero-order valence-corrected chi connectivity index (χ0v) is 6.45. The van der Waals surface area contributed by atoms with E-state index in [1.54, 1.807) is 6.26 Å². The molecule has 0 radical (unpaired) electrons. The summed E-state index contributed by atoms with van der Waals surface area (Å²) < 4.78 is 4.73. The summed E-state index contributed by atoms with van der Waals surface area (Å²) in [4.78, 5) is 0. The molecule has 0 saturated heterocycles. The van der Waals surface area contributed by atoms with Gasteiger partial charge in [-0.1, -0.05) is 5.16 Å². The third kappa shape index (κ3) is 0.878. The highest BCUT2D eigenvalue weighted by atomic mass is 16.5. The summed E-state index contributed by atoms with van der Waals surface area (Å²) in [6.07, 6.45) is 3.29. The van der Waals surface area contributed by atoms with Gasteiger partial charge < -0.3 is 9.63 Å². The number of nitrogens with zero attached hydrogens (tertiary/aromatic N) is 1. The van der Waals surface area contributed by atoms with E-state index in [1.807, 2.05) is 13.0 Å². The van der Waals surface area contributed by atoms with Crippen molar-refractivity contribution in [1.29, 1.82) is 0 Å². The quantitative estimate of drug-likeness (QED) is 0.691. The Kier molecular flexibility index (Phi) is 1.29. The Bertz CT molecular complexity index is 237. The summed E-state index contributed by atoms with van der Waals surface area (Å²) in [5, 5.41) is 13.3. The molecule has 1 saturated carbocycles. The lowest BCUT2D eigenvalue weighted by atomic mass is 9.97. The second-order valence-corrected chi connectivity index (χ2v) is 3.22. The lowest BCUT2D eigenvalue weighted by Crippen LogP contribution is -2.22. The first-order valence-electron chi connectivity index (χ1n) is 3.85. The van der Waals surface area contributed by atoms with Gasteiger partial charge in [-0.15, -0.1) is 0 Å². The monoisotopic (exact) mass is 153 g/mol. The molecule has 1 heterocycles. The smallest absolute Gasteiger partial charge is 0.124 e. The molecule has 0 aliphatic heterocycles. The minimum Gasteiger partial charge on any atom is -0.392 e. The molecule has 1 aromatic heterocycles. The van der Waals surface area contributed by atoms with E-state index in [4.69, 9.17) is 4.52 Å². The summed E-state index contributed by atoms with van der Waals surface area (Å²) in [6.45, 7) is 1.81. The molecule has 11 heavy (non-hydrogen) atoms. The summed E-state index contributed by atoms with van der Waals surface area (Å²) in [5.41, 5.74) is 0.819. The maximum absolute atomic E-state index is 9.43. The summed E-state index contributed by atoms with van der Waals surface area (Å²) in [5.74, 6) is 0. The first kappa shape index (κ1) is 6.85. The van der Waals surface area contributed by atoms with Crippen molar-refractivity contribution in [1.82, 2.24) is 5.16 Å². The largest absolute Gasteiger partial charge is 0.392 e. The zero-order valence-electron chi connectivity index (χ0n) is 6.45. The molecule has 0 spiro atoms. The van der Waals surface area contributed by atoms with Crippen molar-refractivity contribution in [3.05, 3.63) is 18.0 Å². The number of rotatable bonds is 2. The van der Waals surface area contributed by atoms with Crippen LogP contribution in [0.5, 0.6) is 0 Å². The van der Waals surface area contributed by atoms with Crippen LogP contribution in [0.4, 0.5) is 0 Å². The van der Waals surface area contributed by atoms with Crippen molar-refractivity contribution in [2.24, 2.45) is 0 Å². The van der Waals surface area contributed by atoms with Crippen LogP contribution in [0.15, 0.2) is 16.9 Å². The third-order valence-corrected chi connectivity index (χ3v) is 2.54. The molecule has 1 unspecified atom stereocenters. The fourth-order valence-corrected chi connectivity index (χ4v) is 1.49. The Morgan fingerprint density at radius 3 is 2.82 bits per heavy atom. The van der Waals surface area contributed by atoms with Crippen molar-refractivity contribution in [2.45, 2.75) is 31.3 Å². The SMILES string of the molecule is CC(O)C1(c2ccon2)CC1. The lowest BCUT2D eigenvalue weighted by Gasteiger charge is -2.14. The van der Waals surface area contributed by atoms with Gasteiger partial charge in [0.25, 0.3) is 0 Å². The van der Waals surface area contributed by atoms with Crippen LogP contribution in [0.3, 0.4) is 0 Å². The van der Waals surface area contributed by atoms with Crippen LogP contribution in [-0.2, 0) is 5.41 Å². The molecule has 3 heteroatoms. The Morgan fingerprint density at radius 1 is 1.73 bits per heavy atom. The summed E-state index contributed by atoms with van der Waals surface area (Å²) in [6, 6.07) is 1.83. The van der Waals surface area contributed by atoms with E-state index in [0.717, 1.165) is 18.5 Å². The van der Waals surface area contributed by atoms with E-state index in [2.05, 4.69) is 5.16 Å². The van der Waals surface area contributed by atoms with Gasteiger partial charge >= 0.3 is 0 Å². The highest BCUT2D eigenvalue weighted by Crippen LogP contribution is 2.50. The van der Waals surface area contributed by atoms with E-state index in [9.17, 15) is 5.11 Å². The van der Waals surface area contributed by atoms with E-state index >= 15 is 0 Å². The molecule has 1 N–H and O–H groups in total. The van der Waals surface area contributed by atoms with Crippen molar-refractivity contribution in [2.75, 3.05) is 0 Å². The highest BCUT2D eigenvalue weighted by Gasteiger charge is 2.50. The molecule has 0 aromatic carbocycles. The molecule has 0 amide bonds. The van der Waals surface area contributed by atoms with Crippen LogP contribution in [0.1, 0.15) is 25.5 Å². The van der Waals surface area contributed by atoms with E-state index in [0.29, 0.717) is 0 Å². The van der Waals surface area contributed by atoms with Gasteiger partial charge in [-0.25, -0.2) is 0 Å². The lowest BCUT2D eigenvalue weighted by molar-refractivity contribution is 0.146. The molecule has 1 aliphatic rings. The summed E-state index contributed by atoms with van der Waals surface area (Å²) in [7, 11) is 0. The molecule has 3 nitrogen and oxygen atoms in total. The van der Waals surface area contributed by atoms with Crippen molar-refractivity contribution in [3.63, 3.8) is 0 Å². The number of aliphatic hydroxyl groups excluding tert-OH is 1. The number of hydrogen-bond acceptors (Lipinski definition) is 3. The molecule has 1 atom stereocenters. The molecule has 1 fully saturated rings. The van der Waals surface area contributed by atoms with Crippen molar-refractivity contribution in [3.8, 4) is 0 Å². The number of aromatic nitrogens is 1. The normalized spacial score (nSPS) is 23.1. The fourth-order valence-electron chi connectivity index (χ4n) is 1.49. The van der Waals surface area contributed by atoms with Gasteiger partial charge in [0.1, 0.15) is 6.26 Å². The van der Waals surface area contributed by atoms with Crippen LogP contribution in [0, 0.1) is 0 Å². The predicted molar refractivity (Wildman–Crippen MR) is 39.1 cm³/mol. The van der Waals surface area contributed by atoms with Crippen LogP contribution in [-0.4, -0.2) is 16.4 Å². The Hall–Kier alpha value is -0.830. The molecular weight excluding hydrogens is 142 g/mol. The van der Waals surface area contributed by atoms with Gasteiger partial charge in [0.2, 0.25) is 0 Å². The first-order valence-corrected chi connectivity index (χ1v) is 3.85.